The summed E-state index contributed by atoms with van der Waals surface area (Å²) in [5, 5.41) is 22.1. The van der Waals surface area contributed by atoms with Crippen LogP contribution in [0.2, 0.25) is 5.02 Å². The summed E-state index contributed by atoms with van der Waals surface area (Å²) in [4.78, 5) is 14.4. The third-order valence-corrected chi connectivity index (χ3v) is 4.34. The van der Waals surface area contributed by atoms with Crippen molar-refractivity contribution in [2.24, 2.45) is 0 Å². The smallest absolute Gasteiger partial charge is 0.253 e. The molecular formula is C20H22ClN3O3. The van der Waals surface area contributed by atoms with Gasteiger partial charge in [-0.2, -0.15) is 5.26 Å². The second-order valence-corrected chi connectivity index (χ2v) is 6.31. The van der Waals surface area contributed by atoms with Crippen molar-refractivity contribution >= 4 is 23.2 Å². The fourth-order valence-electron chi connectivity index (χ4n) is 2.70. The van der Waals surface area contributed by atoms with Crippen LogP contribution in [0.25, 0.3) is 0 Å². The molecule has 2 rings (SSSR count). The summed E-state index contributed by atoms with van der Waals surface area (Å²) >= 11 is 6.11. The first-order chi connectivity index (χ1) is 13.0. The van der Waals surface area contributed by atoms with Crippen LogP contribution in [0.3, 0.4) is 0 Å². The molecule has 0 unspecified atom stereocenters. The third kappa shape index (κ3) is 5.13. The van der Waals surface area contributed by atoms with Crippen LogP contribution < -0.4 is 15.0 Å². The highest BCUT2D eigenvalue weighted by atomic mass is 35.5. The Hall–Kier alpha value is -2.75. The number of hydrogen-bond acceptors (Lipinski definition) is 5. The summed E-state index contributed by atoms with van der Waals surface area (Å²) in [6.07, 6.45) is 0.811. The van der Waals surface area contributed by atoms with Gasteiger partial charge in [0.1, 0.15) is 12.5 Å². The molecule has 0 fully saturated rings. The molecular weight excluding hydrogens is 366 g/mol. The van der Waals surface area contributed by atoms with E-state index in [1.165, 1.54) is 13.2 Å². The Morgan fingerprint density at radius 3 is 2.70 bits per heavy atom. The molecule has 1 amide bonds. The number of amides is 1. The lowest BCUT2D eigenvalue weighted by Gasteiger charge is -2.24. The van der Waals surface area contributed by atoms with Gasteiger partial charge in [0.25, 0.3) is 5.91 Å². The third-order valence-electron chi connectivity index (χ3n) is 4.04. The van der Waals surface area contributed by atoms with Crippen molar-refractivity contribution in [1.29, 1.82) is 5.26 Å². The van der Waals surface area contributed by atoms with E-state index in [1.54, 1.807) is 29.2 Å². The highest BCUT2D eigenvalue weighted by Gasteiger charge is 2.17. The number of halogens is 1. The topological polar surface area (TPSA) is 85.6 Å². The molecule has 142 valence electrons. The van der Waals surface area contributed by atoms with E-state index in [1.807, 2.05) is 19.1 Å². The predicted molar refractivity (Wildman–Crippen MR) is 105 cm³/mol. The number of carbonyl (C=O) groups is 1. The van der Waals surface area contributed by atoms with Crippen LogP contribution in [0, 0.1) is 11.3 Å². The zero-order chi connectivity index (χ0) is 19.8. The van der Waals surface area contributed by atoms with Crippen LogP contribution in [0.4, 0.5) is 5.69 Å². The Balaban J connectivity index is 2.23. The summed E-state index contributed by atoms with van der Waals surface area (Å²) in [5.74, 6) is 0.234. The van der Waals surface area contributed by atoms with Crippen molar-refractivity contribution in [1.82, 2.24) is 5.32 Å². The van der Waals surface area contributed by atoms with Crippen LogP contribution in [-0.2, 0) is 6.54 Å². The van der Waals surface area contributed by atoms with Crippen molar-refractivity contribution < 1.29 is 14.6 Å². The zero-order valence-electron chi connectivity index (χ0n) is 15.3. The Kier molecular flexibility index (Phi) is 7.47. The van der Waals surface area contributed by atoms with Gasteiger partial charge >= 0.3 is 0 Å². The minimum absolute atomic E-state index is 0.214. The van der Waals surface area contributed by atoms with Crippen LogP contribution in [-0.4, -0.2) is 31.4 Å². The molecule has 0 bridgehead atoms. The minimum Gasteiger partial charge on any atom is -0.495 e. The maximum absolute atomic E-state index is 12.8. The van der Waals surface area contributed by atoms with Crippen molar-refractivity contribution in [2.45, 2.75) is 19.9 Å². The van der Waals surface area contributed by atoms with Crippen LogP contribution >= 0.6 is 11.6 Å². The molecule has 2 aromatic carbocycles. The quantitative estimate of drug-likeness (QED) is 0.678. The number of aliphatic hydroxyl groups is 1. The lowest BCUT2D eigenvalue weighted by molar-refractivity contribution is 0.0951. The minimum atomic E-state index is -0.330. The predicted octanol–water partition coefficient (Wildman–Crippen LogP) is 3.32. The molecule has 2 N–H and O–H groups in total. The fourth-order valence-corrected chi connectivity index (χ4v) is 2.98. The second kappa shape index (κ2) is 9.81. The summed E-state index contributed by atoms with van der Waals surface area (Å²) in [5.41, 5.74) is 2.13. The molecule has 0 aliphatic carbocycles. The monoisotopic (exact) mass is 387 g/mol. The normalized spacial score (nSPS) is 10.2. The number of nitrogens with one attached hydrogen (secondary N) is 1. The van der Waals surface area contributed by atoms with Crippen LogP contribution in [0.5, 0.6) is 5.75 Å². The molecule has 0 radical (unpaired) electrons. The number of nitrogens with zero attached hydrogens (tertiary/aromatic N) is 2. The van der Waals surface area contributed by atoms with Gasteiger partial charge in [-0.1, -0.05) is 24.6 Å². The Morgan fingerprint density at radius 1 is 1.33 bits per heavy atom. The molecule has 0 aliphatic rings. The molecule has 6 nitrogen and oxygen atoms in total. The number of aliphatic hydroxyl groups excluding tert-OH is 1. The summed E-state index contributed by atoms with van der Waals surface area (Å²) in [6.45, 7) is 2.63. The van der Waals surface area contributed by atoms with Gasteiger partial charge in [-0.25, -0.2) is 0 Å². The molecule has 2 aromatic rings. The van der Waals surface area contributed by atoms with Gasteiger partial charge in [0, 0.05) is 13.1 Å². The maximum Gasteiger partial charge on any atom is 0.253 e. The van der Waals surface area contributed by atoms with Gasteiger partial charge in [-0.05, 0) is 42.3 Å². The first-order valence-electron chi connectivity index (χ1n) is 8.54. The highest BCUT2D eigenvalue weighted by Crippen LogP contribution is 2.25. The van der Waals surface area contributed by atoms with E-state index in [9.17, 15) is 9.90 Å². The van der Waals surface area contributed by atoms with E-state index in [0.29, 0.717) is 34.1 Å². The van der Waals surface area contributed by atoms with Gasteiger partial charge in [0.05, 0.1) is 35.0 Å². The van der Waals surface area contributed by atoms with Crippen molar-refractivity contribution in [2.75, 3.05) is 25.3 Å². The lowest BCUT2D eigenvalue weighted by Crippen LogP contribution is -2.30. The van der Waals surface area contributed by atoms with Crippen molar-refractivity contribution in [3.05, 3.63) is 58.1 Å². The molecule has 0 spiro atoms. The van der Waals surface area contributed by atoms with Crippen molar-refractivity contribution in [3.63, 3.8) is 0 Å². The number of anilines is 1. The molecule has 7 heteroatoms. The fraction of sp³-hybridized carbons (Fsp3) is 0.300. The van der Waals surface area contributed by atoms with Crippen LogP contribution in [0.1, 0.15) is 34.8 Å². The van der Waals surface area contributed by atoms with Gasteiger partial charge in [-0.3, -0.25) is 4.79 Å². The SMILES string of the molecule is CCCN(CO)c1ccc(C#N)cc1C(=O)NCc1ccc(OC)c(Cl)c1. The molecule has 0 saturated heterocycles. The Bertz CT molecular complexity index is 849. The van der Waals surface area contributed by atoms with E-state index in [0.717, 1.165) is 12.0 Å². The van der Waals surface area contributed by atoms with E-state index < -0.39 is 0 Å². The first kappa shape index (κ1) is 20.6. The molecule has 0 atom stereocenters. The second-order valence-electron chi connectivity index (χ2n) is 5.90. The average Bonchev–Trinajstić information content (AvgIpc) is 2.70. The van der Waals surface area contributed by atoms with Crippen LogP contribution in [0.15, 0.2) is 36.4 Å². The number of benzene rings is 2. The number of nitriles is 1. The average molecular weight is 388 g/mol. The van der Waals surface area contributed by atoms with Gasteiger partial charge < -0.3 is 20.1 Å². The largest absolute Gasteiger partial charge is 0.495 e. The summed E-state index contributed by atoms with van der Waals surface area (Å²) in [7, 11) is 1.54. The molecule has 0 saturated carbocycles. The highest BCUT2D eigenvalue weighted by molar-refractivity contribution is 6.32. The Labute approximate surface area is 163 Å². The van der Waals surface area contributed by atoms with E-state index in [-0.39, 0.29) is 19.2 Å². The van der Waals surface area contributed by atoms with E-state index in [4.69, 9.17) is 21.6 Å². The summed E-state index contributed by atoms with van der Waals surface area (Å²) in [6, 6.07) is 12.2. The van der Waals surface area contributed by atoms with Gasteiger partial charge in [0.2, 0.25) is 0 Å². The first-order valence-corrected chi connectivity index (χ1v) is 8.92. The standard InChI is InChI=1S/C20H22ClN3O3/c1-3-8-24(13-25)18-6-4-14(11-22)9-16(18)20(26)23-12-15-5-7-19(27-2)17(21)10-15/h4-7,9-10,25H,3,8,12-13H2,1-2H3,(H,23,26). The molecule has 0 heterocycles. The van der Waals surface area contributed by atoms with Gasteiger partial charge in [-0.15, -0.1) is 0 Å². The zero-order valence-corrected chi connectivity index (χ0v) is 16.1. The van der Waals surface area contributed by atoms with E-state index in [2.05, 4.69) is 5.32 Å². The molecule has 0 aliphatic heterocycles. The van der Waals surface area contributed by atoms with E-state index >= 15 is 0 Å². The number of carbonyl (C=O) groups excluding carboxylic acids is 1. The maximum atomic E-state index is 12.8. The van der Waals surface area contributed by atoms with Crippen molar-refractivity contribution in [3.8, 4) is 11.8 Å². The number of rotatable bonds is 8. The number of hydrogen-bond donors (Lipinski definition) is 2. The lowest BCUT2D eigenvalue weighted by atomic mass is 10.1. The van der Waals surface area contributed by atoms with Gasteiger partial charge in [0.15, 0.2) is 0 Å². The molecule has 27 heavy (non-hydrogen) atoms. The number of ether oxygens (including phenoxy) is 1. The molecule has 0 aromatic heterocycles. The Morgan fingerprint density at radius 2 is 2.11 bits per heavy atom. The number of methoxy groups -OCH3 is 1. The summed E-state index contributed by atoms with van der Waals surface area (Å²) < 4.78 is 5.12.